The highest BCUT2D eigenvalue weighted by Crippen LogP contribution is 2.50. The van der Waals surface area contributed by atoms with Crippen LogP contribution in [0.5, 0.6) is 0 Å². The fraction of sp³-hybridized carbons (Fsp3) is 0.258. The van der Waals surface area contributed by atoms with E-state index in [1.165, 1.54) is 38.9 Å². The summed E-state index contributed by atoms with van der Waals surface area (Å²) in [7, 11) is 0. The summed E-state index contributed by atoms with van der Waals surface area (Å²) in [4.78, 5) is 2.45. The van der Waals surface area contributed by atoms with Gasteiger partial charge in [-0.15, -0.1) is 0 Å². The standard InChI is InChI=1S/C31H31N3O/c1-4-34-25-16-13-19-8-5-6-11-23(19)27(25)31(2,3)26(34)17-14-20-9-7-10-21-18-22-12-15-24(32)28(33)30(22)35-29(20)21/h5-6,8,11-18,32H,4,7,9-10,33H2,1-3H3/b20-14+,26-17-,32-24?. The minimum absolute atomic E-state index is 0.119. The average molecular weight is 462 g/mol. The summed E-state index contributed by atoms with van der Waals surface area (Å²) in [5.41, 5.74) is 13.9. The van der Waals surface area contributed by atoms with Gasteiger partial charge < -0.3 is 15.1 Å². The van der Waals surface area contributed by atoms with Crippen LogP contribution < -0.4 is 16.0 Å². The van der Waals surface area contributed by atoms with E-state index >= 15 is 0 Å². The van der Waals surface area contributed by atoms with Crippen LogP contribution in [-0.4, -0.2) is 6.54 Å². The number of nitrogens with one attached hydrogen (secondary N) is 1. The molecular weight excluding hydrogens is 430 g/mol. The van der Waals surface area contributed by atoms with E-state index in [4.69, 9.17) is 15.6 Å². The van der Waals surface area contributed by atoms with Crippen molar-refractivity contribution in [1.82, 2.24) is 0 Å². The molecule has 6 rings (SSSR count). The van der Waals surface area contributed by atoms with E-state index < -0.39 is 0 Å². The number of hydrogen-bond donors (Lipinski definition) is 2. The molecule has 3 N–H and O–H groups in total. The average Bonchev–Trinajstić information content (AvgIpc) is 3.09. The molecule has 0 unspecified atom stereocenters. The van der Waals surface area contributed by atoms with Gasteiger partial charge in [0, 0.05) is 28.9 Å². The van der Waals surface area contributed by atoms with Crippen LogP contribution in [0, 0.1) is 5.41 Å². The molecule has 0 saturated heterocycles. The summed E-state index contributed by atoms with van der Waals surface area (Å²) in [6, 6.07) is 19.1. The van der Waals surface area contributed by atoms with Gasteiger partial charge in [-0.3, -0.25) is 5.41 Å². The molecule has 2 heterocycles. The molecule has 0 radical (unpaired) electrons. The number of nitrogens with zero attached hydrogens (tertiary/aromatic N) is 1. The Labute approximate surface area is 206 Å². The Balaban J connectivity index is 1.50. The van der Waals surface area contributed by atoms with E-state index in [0.29, 0.717) is 16.8 Å². The first kappa shape index (κ1) is 21.7. The molecule has 0 saturated carbocycles. The van der Waals surface area contributed by atoms with Crippen molar-refractivity contribution in [2.24, 2.45) is 0 Å². The molecule has 0 fully saturated rings. The van der Waals surface area contributed by atoms with Crippen molar-refractivity contribution in [1.29, 1.82) is 5.41 Å². The van der Waals surface area contributed by atoms with Gasteiger partial charge >= 0.3 is 0 Å². The van der Waals surface area contributed by atoms with Gasteiger partial charge in [-0.05, 0) is 84.0 Å². The van der Waals surface area contributed by atoms with Crippen LogP contribution in [0.3, 0.4) is 0 Å². The minimum atomic E-state index is -0.119. The van der Waals surface area contributed by atoms with E-state index in [2.05, 4.69) is 80.3 Å². The third-order valence-electron chi connectivity index (χ3n) is 7.75. The molecule has 2 aromatic rings. The SMILES string of the molecule is CCN1/C(=C\C=C2/CCCc3cc4ccc(=N)c(N)c-4oc32)C(C)(C)c2c1ccc1ccccc21. The number of fused-ring (bicyclic) bond motifs is 5. The van der Waals surface area contributed by atoms with E-state index in [9.17, 15) is 0 Å². The van der Waals surface area contributed by atoms with Crippen molar-refractivity contribution in [3.8, 4) is 11.3 Å². The number of nitrogen functional groups attached to an aromatic ring is 1. The maximum absolute atomic E-state index is 8.08. The Hall–Kier alpha value is -3.79. The van der Waals surface area contributed by atoms with Crippen molar-refractivity contribution < 1.29 is 4.42 Å². The maximum Gasteiger partial charge on any atom is 0.159 e. The van der Waals surface area contributed by atoms with Crippen molar-refractivity contribution in [2.75, 3.05) is 17.2 Å². The lowest BCUT2D eigenvalue weighted by Gasteiger charge is -2.26. The minimum Gasteiger partial charge on any atom is -0.454 e. The summed E-state index contributed by atoms with van der Waals surface area (Å²) in [5, 5.41) is 11.0. The molecule has 0 spiro atoms. The fourth-order valence-electron chi connectivity index (χ4n) is 6.02. The first-order valence-corrected chi connectivity index (χ1v) is 12.5. The van der Waals surface area contributed by atoms with Crippen LogP contribution in [0.25, 0.3) is 27.7 Å². The largest absolute Gasteiger partial charge is 0.454 e. The predicted octanol–water partition coefficient (Wildman–Crippen LogP) is 7.02. The molecule has 4 aliphatic rings. The Morgan fingerprint density at radius 2 is 1.86 bits per heavy atom. The van der Waals surface area contributed by atoms with Crippen LogP contribution in [0.2, 0.25) is 0 Å². The monoisotopic (exact) mass is 461 g/mol. The predicted molar refractivity (Wildman–Crippen MR) is 145 cm³/mol. The molecule has 4 heteroatoms. The van der Waals surface area contributed by atoms with Crippen molar-refractivity contribution in [3.63, 3.8) is 0 Å². The number of benzene rings is 3. The zero-order valence-corrected chi connectivity index (χ0v) is 20.6. The highest BCUT2D eigenvalue weighted by Gasteiger charge is 2.40. The van der Waals surface area contributed by atoms with Crippen LogP contribution >= 0.6 is 0 Å². The zero-order chi connectivity index (χ0) is 24.3. The van der Waals surface area contributed by atoms with Gasteiger partial charge in [-0.1, -0.05) is 50.3 Å². The number of anilines is 2. The van der Waals surface area contributed by atoms with E-state index in [-0.39, 0.29) is 5.41 Å². The Morgan fingerprint density at radius 1 is 1.03 bits per heavy atom. The van der Waals surface area contributed by atoms with Crippen LogP contribution in [0.15, 0.2) is 76.9 Å². The normalized spacial score (nSPS) is 19.0. The third kappa shape index (κ3) is 3.23. The molecule has 2 aromatic carbocycles. The lowest BCUT2D eigenvalue weighted by Crippen LogP contribution is -2.25. The first-order valence-electron chi connectivity index (χ1n) is 12.5. The van der Waals surface area contributed by atoms with Gasteiger partial charge in [0.25, 0.3) is 0 Å². The van der Waals surface area contributed by atoms with E-state index in [0.717, 1.165) is 37.1 Å². The highest BCUT2D eigenvalue weighted by atomic mass is 16.3. The Kier molecular flexibility index (Phi) is 4.89. The summed E-state index contributed by atoms with van der Waals surface area (Å²) < 4.78 is 6.39. The van der Waals surface area contributed by atoms with Crippen molar-refractivity contribution in [2.45, 2.75) is 45.4 Å². The first-order chi connectivity index (χ1) is 16.9. The Morgan fingerprint density at radius 3 is 2.69 bits per heavy atom. The lowest BCUT2D eigenvalue weighted by atomic mass is 9.81. The van der Waals surface area contributed by atoms with Crippen molar-refractivity contribution >= 4 is 27.7 Å². The lowest BCUT2D eigenvalue weighted by molar-refractivity contribution is 0.528. The number of likely N-dealkylation sites (N-methyl/N-ethyl adjacent to an activating group) is 1. The van der Waals surface area contributed by atoms with Gasteiger partial charge in [0.15, 0.2) is 5.76 Å². The number of nitrogens with two attached hydrogens (primary N) is 1. The molecule has 0 amide bonds. The molecule has 4 nitrogen and oxygen atoms in total. The van der Waals surface area contributed by atoms with E-state index in [1.54, 1.807) is 6.07 Å². The van der Waals surface area contributed by atoms with Gasteiger partial charge in [0.05, 0.1) is 5.36 Å². The molecular formula is C31H31N3O. The summed E-state index contributed by atoms with van der Waals surface area (Å²) in [6.45, 7) is 7.81. The molecule has 35 heavy (non-hydrogen) atoms. The number of aryl methyl sites for hydroxylation is 1. The molecule has 2 aliphatic heterocycles. The number of allylic oxidation sites excluding steroid dienone is 4. The molecule has 0 aromatic heterocycles. The van der Waals surface area contributed by atoms with Crippen molar-refractivity contribution in [3.05, 3.63) is 94.7 Å². The van der Waals surface area contributed by atoms with Crippen LogP contribution in [0.1, 0.15) is 50.5 Å². The van der Waals surface area contributed by atoms with Crippen LogP contribution in [-0.2, 0) is 11.8 Å². The smallest absolute Gasteiger partial charge is 0.159 e. The highest BCUT2D eigenvalue weighted by molar-refractivity contribution is 5.95. The third-order valence-corrected chi connectivity index (χ3v) is 7.75. The summed E-state index contributed by atoms with van der Waals surface area (Å²) >= 11 is 0. The maximum atomic E-state index is 8.08. The van der Waals surface area contributed by atoms with E-state index in [1.807, 2.05) is 6.07 Å². The quantitative estimate of drug-likeness (QED) is 0.315. The number of hydrogen-bond acceptors (Lipinski definition) is 4. The second-order valence-electron chi connectivity index (χ2n) is 10.2. The topological polar surface area (TPSA) is 66.2 Å². The van der Waals surface area contributed by atoms with Gasteiger partial charge in [-0.2, -0.15) is 0 Å². The van der Waals surface area contributed by atoms with Gasteiger partial charge in [-0.25, -0.2) is 0 Å². The molecule has 0 bridgehead atoms. The van der Waals surface area contributed by atoms with Gasteiger partial charge in [0.1, 0.15) is 11.4 Å². The fourth-order valence-corrected chi connectivity index (χ4v) is 6.02. The van der Waals surface area contributed by atoms with Crippen LogP contribution in [0.4, 0.5) is 11.4 Å². The van der Waals surface area contributed by atoms with Gasteiger partial charge in [0.2, 0.25) is 0 Å². The second kappa shape index (κ2) is 7.88. The summed E-state index contributed by atoms with van der Waals surface area (Å²) in [6.07, 6.45) is 7.61. The zero-order valence-electron chi connectivity index (χ0n) is 20.6. The number of rotatable bonds is 2. The second-order valence-corrected chi connectivity index (χ2v) is 10.2. The summed E-state index contributed by atoms with van der Waals surface area (Å²) in [5.74, 6) is 1.53. The Bertz CT molecular complexity index is 1570. The molecule has 176 valence electrons. The molecule has 0 atom stereocenters. The molecule has 2 aliphatic carbocycles.